The fourth-order valence-electron chi connectivity index (χ4n) is 1.61. The first-order valence-electron chi connectivity index (χ1n) is 3.57. The van der Waals surface area contributed by atoms with Crippen LogP contribution in [0.2, 0.25) is 0 Å². The Hall–Kier alpha value is 0.310. The van der Waals surface area contributed by atoms with Crippen LogP contribution in [-0.4, -0.2) is 24.7 Å². The molecule has 0 N–H and O–H groups in total. The van der Waals surface area contributed by atoms with Gasteiger partial charge in [0.25, 0.3) is 0 Å². The van der Waals surface area contributed by atoms with E-state index in [2.05, 4.69) is 11.8 Å². The third-order valence-electron chi connectivity index (χ3n) is 2.37. The van der Waals surface area contributed by atoms with Gasteiger partial charge in [-0.3, -0.25) is 0 Å². The summed E-state index contributed by atoms with van der Waals surface area (Å²) in [5, 5.41) is 0. The van der Waals surface area contributed by atoms with Gasteiger partial charge < -0.3 is 4.74 Å². The van der Waals surface area contributed by atoms with Crippen LogP contribution in [-0.2, 0) is 4.74 Å². The normalized spacial score (nSPS) is 42.7. The summed E-state index contributed by atoms with van der Waals surface area (Å²) in [5.41, 5.74) is 0.630. The molecule has 9 heavy (non-hydrogen) atoms. The Morgan fingerprint density at radius 1 is 1.33 bits per heavy atom. The van der Waals surface area contributed by atoms with Crippen LogP contribution in [0.15, 0.2) is 0 Å². The van der Waals surface area contributed by atoms with Gasteiger partial charge in [0.05, 0.1) is 6.61 Å². The molecule has 2 saturated heterocycles. The summed E-state index contributed by atoms with van der Waals surface area (Å²) in [4.78, 5) is 0. The van der Waals surface area contributed by atoms with E-state index in [-0.39, 0.29) is 0 Å². The molecular formula is C7H12OS. The third-order valence-corrected chi connectivity index (χ3v) is 3.68. The number of rotatable bonds is 0. The fourth-order valence-corrected chi connectivity index (χ4v) is 3.14. The highest BCUT2D eigenvalue weighted by atomic mass is 32.2. The summed E-state index contributed by atoms with van der Waals surface area (Å²) in [6, 6.07) is 0. The predicted octanol–water partition coefficient (Wildman–Crippen LogP) is 1.53. The zero-order chi connectivity index (χ0) is 6.16. The van der Waals surface area contributed by atoms with Crippen molar-refractivity contribution in [1.82, 2.24) is 0 Å². The minimum absolute atomic E-state index is 0.630. The molecule has 1 nitrogen and oxygen atoms in total. The highest BCUT2D eigenvalue weighted by Gasteiger charge is 2.37. The lowest BCUT2D eigenvalue weighted by Crippen LogP contribution is -2.19. The molecule has 1 atom stereocenters. The molecule has 0 aromatic heterocycles. The molecule has 0 aromatic carbocycles. The molecule has 2 aliphatic rings. The molecule has 0 saturated carbocycles. The van der Waals surface area contributed by atoms with Crippen LogP contribution in [0.5, 0.6) is 0 Å². The van der Waals surface area contributed by atoms with Crippen molar-refractivity contribution in [2.75, 3.05) is 24.7 Å². The number of ether oxygens (including phenoxy) is 1. The van der Waals surface area contributed by atoms with E-state index in [0.717, 1.165) is 13.2 Å². The van der Waals surface area contributed by atoms with Crippen molar-refractivity contribution in [1.29, 1.82) is 0 Å². The Bertz CT molecular complexity index is 84.0. The zero-order valence-corrected chi connectivity index (χ0v) is 6.38. The summed E-state index contributed by atoms with van der Waals surface area (Å²) < 4.78 is 5.37. The van der Waals surface area contributed by atoms with E-state index >= 15 is 0 Å². The molecule has 2 heteroatoms. The van der Waals surface area contributed by atoms with Crippen LogP contribution in [0.3, 0.4) is 0 Å². The Kier molecular flexibility index (Phi) is 1.46. The molecule has 2 rings (SSSR count). The van der Waals surface area contributed by atoms with E-state index in [9.17, 15) is 0 Å². The molecule has 1 unspecified atom stereocenters. The highest BCUT2D eigenvalue weighted by Crippen LogP contribution is 2.42. The van der Waals surface area contributed by atoms with Crippen molar-refractivity contribution in [2.45, 2.75) is 12.8 Å². The second kappa shape index (κ2) is 2.17. The van der Waals surface area contributed by atoms with Gasteiger partial charge in [-0.05, 0) is 18.6 Å². The SMILES string of the molecule is C1CC2(CCSC2)CO1. The van der Waals surface area contributed by atoms with E-state index in [1.807, 2.05) is 0 Å². The maximum absolute atomic E-state index is 5.37. The van der Waals surface area contributed by atoms with Gasteiger partial charge >= 0.3 is 0 Å². The molecule has 2 fully saturated rings. The van der Waals surface area contributed by atoms with E-state index in [1.165, 1.54) is 24.3 Å². The van der Waals surface area contributed by atoms with Gasteiger partial charge in [0.1, 0.15) is 0 Å². The second-order valence-electron chi connectivity index (χ2n) is 3.11. The van der Waals surface area contributed by atoms with Crippen molar-refractivity contribution in [3.8, 4) is 0 Å². The molecule has 0 radical (unpaired) electrons. The molecule has 0 amide bonds. The van der Waals surface area contributed by atoms with E-state index in [4.69, 9.17) is 4.74 Å². The second-order valence-corrected chi connectivity index (χ2v) is 4.21. The minimum Gasteiger partial charge on any atom is -0.381 e. The quantitative estimate of drug-likeness (QED) is 0.510. The molecule has 2 aliphatic heterocycles. The standard InChI is InChI=1S/C7H12OS/c1-3-8-5-7(1)2-4-9-6-7/h1-6H2. The molecule has 0 aromatic rings. The van der Waals surface area contributed by atoms with Crippen LogP contribution >= 0.6 is 11.8 Å². The average molecular weight is 144 g/mol. The average Bonchev–Trinajstić information content (AvgIpc) is 2.45. The van der Waals surface area contributed by atoms with Crippen LogP contribution in [0.4, 0.5) is 0 Å². The predicted molar refractivity (Wildman–Crippen MR) is 39.8 cm³/mol. The van der Waals surface area contributed by atoms with Gasteiger partial charge in [0.15, 0.2) is 0 Å². The van der Waals surface area contributed by atoms with Crippen molar-refractivity contribution < 1.29 is 4.74 Å². The van der Waals surface area contributed by atoms with Gasteiger partial charge in [0.2, 0.25) is 0 Å². The molecule has 1 spiro atoms. The summed E-state index contributed by atoms with van der Waals surface area (Å²) in [6.45, 7) is 2.06. The number of thioether (sulfide) groups is 1. The summed E-state index contributed by atoms with van der Waals surface area (Å²) in [5.74, 6) is 2.72. The first kappa shape index (κ1) is 6.05. The van der Waals surface area contributed by atoms with E-state index < -0.39 is 0 Å². The number of hydrogen-bond donors (Lipinski definition) is 0. The van der Waals surface area contributed by atoms with E-state index in [0.29, 0.717) is 5.41 Å². The lowest BCUT2D eigenvalue weighted by atomic mass is 9.87. The van der Waals surface area contributed by atoms with Crippen LogP contribution in [0.25, 0.3) is 0 Å². The number of hydrogen-bond acceptors (Lipinski definition) is 2. The maximum Gasteiger partial charge on any atom is 0.0531 e. The Balaban J connectivity index is 2.04. The van der Waals surface area contributed by atoms with Gasteiger partial charge in [-0.2, -0.15) is 11.8 Å². The smallest absolute Gasteiger partial charge is 0.0531 e. The van der Waals surface area contributed by atoms with Crippen molar-refractivity contribution >= 4 is 11.8 Å². The third kappa shape index (κ3) is 0.987. The Morgan fingerprint density at radius 2 is 2.33 bits per heavy atom. The lowest BCUT2D eigenvalue weighted by Gasteiger charge is -2.17. The molecule has 0 aliphatic carbocycles. The van der Waals surface area contributed by atoms with Gasteiger partial charge in [-0.25, -0.2) is 0 Å². The highest BCUT2D eigenvalue weighted by molar-refractivity contribution is 7.99. The van der Waals surface area contributed by atoms with Gasteiger partial charge in [-0.15, -0.1) is 0 Å². The summed E-state index contributed by atoms with van der Waals surface area (Å²) in [6.07, 6.45) is 2.72. The molecular weight excluding hydrogens is 132 g/mol. The van der Waals surface area contributed by atoms with Crippen LogP contribution in [0, 0.1) is 5.41 Å². The molecule has 2 heterocycles. The van der Waals surface area contributed by atoms with Gasteiger partial charge in [-0.1, -0.05) is 0 Å². The van der Waals surface area contributed by atoms with Crippen molar-refractivity contribution in [3.05, 3.63) is 0 Å². The topological polar surface area (TPSA) is 9.23 Å². The monoisotopic (exact) mass is 144 g/mol. The van der Waals surface area contributed by atoms with Gasteiger partial charge in [0, 0.05) is 17.8 Å². The summed E-state index contributed by atoms with van der Waals surface area (Å²) in [7, 11) is 0. The fraction of sp³-hybridized carbons (Fsp3) is 1.00. The largest absolute Gasteiger partial charge is 0.381 e. The van der Waals surface area contributed by atoms with Crippen molar-refractivity contribution in [2.24, 2.45) is 5.41 Å². The first-order chi connectivity index (χ1) is 4.41. The van der Waals surface area contributed by atoms with E-state index in [1.54, 1.807) is 0 Å². The maximum atomic E-state index is 5.37. The van der Waals surface area contributed by atoms with Crippen LogP contribution < -0.4 is 0 Å². The zero-order valence-electron chi connectivity index (χ0n) is 5.56. The molecule has 52 valence electrons. The Morgan fingerprint density at radius 3 is 2.89 bits per heavy atom. The lowest BCUT2D eigenvalue weighted by molar-refractivity contribution is 0.162. The van der Waals surface area contributed by atoms with Crippen LogP contribution in [0.1, 0.15) is 12.8 Å². The summed E-state index contributed by atoms with van der Waals surface area (Å²) >= 11 is 2.09. The van der Waals surface area contributed by atoms with Crippen molar-refractivity contribution in [3.63, 3.8) is 0 Å². The molecule has 0 bridgehead atoms. The minimum atomic E-state index is 0.630. The first-order valence-corrected chi connectivity index (χ1v) is 4.72. The Labute approximate surface area is 60.2 Å².